The van der Waals surface area contributed by atoms with Crippen molar-refractivity contribution in [2.24, 2.45) is 4.99 Å². The molecule has 164 valence electrons. The van der Waals surface area contributed by atoms with Gasteiger partial charge in [0, 0.05) is 45.3 Å². The molecule has 1 aliphatic heterocycles. The molecule has 1 aromatic carbocycles. The number of hydrogen-bond donors (Lipinski definition) is 2. The maximum Gasteiger partial charge on any atom is 0.191 e. The molecule has 9 heteroatoms. The molecule has 2 heterocycles. The molecule has 0 atom stereocenters. The number of hydrogen-bond acceptors (Lipinski definition) is 5. The Labute approximate surface area is 178 Å². The quantitative estimate of drug-likeness (QED) is 0.532. The largest absolute Gasteiger partial charge is 0.381 e. The van der Waals surface area contributed by atoms with Crippen LogP contribution in [0, 0.1) is 13.8 Å². The highest BCUT2D eigenvalue weighted by atomic mass is 32.2. The van der Waals surface area contributed by atoms with Crippen molar-refractivity contribution < 1.29 is 13.2 Å². The van der Waals surface area contributed by atoms with Crippen LogP contribution >= 0.6 is 0 Å². The number of benzene rings is 1. The van der Waals surface area contributed by atoms with Crippen LogP contribution in [0.4, 0.5) is 0 Å². The Morgan fingerprint density at radius 2 is 1.93 bits per heavy atom. The third-order valence-corrected chi connectivity index (χ3v) is 7.79. The van der Waals surface area contributed by atoms with Crippen LogP contribution in [0.2, 0.25) is 0 Å². The predicted octanol–water partition coefficient (Wildman–Crippen LogP) is 1.75. The molecule has 0 unspecified atom stereocenters. The van der Waals surface area contributed by atoms with Crippen molar-refractivity contribution in [1.29, 1.82) is 0 Å². The monoisotopic (exact) mass is 433 g/mol. The summed E-state index contributed by atoms with van der Waals surface area (Å²) in [5, 5.41) is 11.1. The minimum atomic E-state index is -3.24. The Bertz CT molecular complexity index is 1010. The van der Waals surface area contributed by atoms with Crippen LogP contribution in [0.25, 0.3) is 5.69 Å². The van der Waals surface area contributed by atoms with Gasteiger partial charge in [-0.05, 0) is 44.4 Å². The normalized spacial score (nSPS) is 17.0. The van der Waals surface area contributed by atoms with Crippen LogP contribution in [-0.4, -0.2) is 62.0 Å². The summed E-state index contributed by atoms with van der Waals surface area (Å²) < 4.78 is 31.4. The second-order valence-electron chi connectivity index (χ2n) is 7.81. The molecular formula is C21H31N5O3S. The fourth-order valence-electron chi connectivity index (χ4n) is 3.81. The summed E-state index contributed by atoms with van der Waals surface area (Å²) in [7, 11) is -1.56. The van der Waals surface area contributed by atoms with Gasteiger partial charge in [-0.3, -0.25) is 4.99 Å². The van der Waals surface area contributed by atoms with Crippen LogP contribution in [0.5, 0.6) is 0 Å². The highest BCUT2D eigenvalue weighted by Crippen LogP contribution is 2.28. The van der Waals surface area contributed by atoms with Crippen molar-refractivity contribution in [2.45, 2.75) is 38.0 Å². The summed E-state index contributed by atoms with van der Waals surface area (Å²) in [6, 6.07) is 10.1. The van der Waals surface area contributed by atoms with Gasteiger partial charge >= 0.3 is 0 Å². The highest BCUT2D eigenvalue weighted by Gasteiger charge is 2.42. The van der Waals surface area contributed by atoms with Gasteiger partial charge < -0.3 is 15.4 Å². The number of aliphatic imine (C=N–C) groups is 1. The lowest BCUT2D eigenvalue weighted by Gasteiger charge is -2.35. The van der Waals surface area contributed by atoms with E-state index in [9.17, 15) is 8.42 Å². The van der Waals surface area contributed by atoms with E-state index >= 15 is 0 Å². The topological polar surface area (TPSA) is 97.6 Å². The zero-order valence-corrected chi connectivity index (χ0v) is 18.9. The summed E-state index contributed by atoms with van der Waals surface area (Å²) in [6.07, 6.45) is 2.27. The summed E-state index contributed by atoms with van der Waals surface area (Å²) >= 11 is 0. The minimum Gasteiger partial charge on any atom is -0.381 e. The van der Waals surface area contributed by atoms with Gasteiger partial charge in [0.15, 0.2) is 15.8 Å². The van der Waals surface area contributed by atoms with E-state index in [1.54, 1.807) is 7.05 Å². The number of ether oxygens (including phenoxy) is 1. The average Bonchev–Trinajstić information content (AvgIpc) is 3.06. The summed E-state index contributed by atoms with van der Waals surface area (Å²) in [4.78, 5) is 4.27. The first-order valence-electron chi connectivity index (χ1n) is 10.1. The molecule has 2 N–H and O–H groups in total. The van der Waals surface area contributed by atoms with Gasteiger partial charge in [0.2, 0.25) is 0 Å². The molecule has 2 aromatic rings. The van der Waals surface area contributed by atoms with E-state index in [2.05, 4.69) is 20.7 Å². The van der Waals surface area contributed by atoms with E-state index in [4.69, 9.17) is 4.74 Å². The molecule has 0 radical (unpaired) electrons. The molecule has 0 bridgehead atoms. The Hall–Kier alpha value is -2.39. The van der Waals surface area contributed by atoms with Crippen molar-refractivity contribution in [3.05, 3.63) is 47.3 Å². The zero-order chi connectivity index (χ0) is 21.8. The molecule has 3 rings (SSSR count). The van der Waals surface area contributed by atoms with E-state index in [0.717, 1.165) is 22.6 Å². The lowest BCUT2D eigenvalue weighted by Crippen LogP contribution is -2.53. The number of aryl methyl sites for hydroxylation is 2. The molecule has 1 fully saturated rings. The van der Waals surface area contributed by atoms with Crippen LogP contribution in [0.3, 0.4) is 0 Å². The second-order valence-corrected chi connectivity index (χ2v) is 10.2. The molecular weight excluding hydrogens is 402 g/mol. The standard InChI is InChI=1S/C21H31N5O3S/c1-16-13-17(2)26(25-16)19-8-6-5-7-18(19)14-23-20(22-3)24-15-21(30(4,27)28)9-11-29-12-10-21/h5-8,13H,9-12,14-15H2,1-4H3,(H2,22,23,24). The maximum atomic E-state index is 12.5. The Kier molecular flexibility index (Phi) is 6.82. The molecule has 1 saturated heterocycles. The first kappa shape index (κ1) is 22.3. The predicted molar refractivity (Wildman–Crippen MR) is 119 cm³/mol. The zero-order valence-electron chi connectivity index (χ0n) is 18.1. The molecule has 30 heavy (non-hydrogen) atoms. The van der Waals surface area contributed by atoms with Crippen LogP contribution in [0.1, 0.15) is 29.8 Å². The smallest absolute Gasteiger partial charge is 0.191 e. The number of para-hydroxylation sites is 1. The van der Waals surface area contributed by atoms with Crippen LogP contribution < -0.4 is 10.6 Å². The van der Waals surface area contributed by atoms with E-state index in [1.165, 1.54) is 6.26 Å². The average molecular weight is 434 g/mol. The Morgan fingerprint density at radius 1 is 1.23 bits per heavy atom. The van der Waals surface area contributed by atoms with Gasteiger partial charge in [-0.25, -0.2) is 13.1 Å². The number of nitrogens with one attached hydrogen (secondary N) is 2. The van der Waals surface area contributed by atoms with Crippen molar-refractivity contribution in [3.63, 3.8) is 0 Å². The molecule has 0 spiro atoms. The molecule has 0 saturated carbocycles. The molecule has 0 amide bonds. The van der Waals surface area contributed by atoms with Crippen molar-refractivity contribution in [2.75, 3.05) is 33.1 Å². The van der Waals surface area contributed by atoms with E-state index in [1.807, 2.05) is 48.9 Å². The van der Waals surface area contributed by atoms with Gasteiger partial charge in [-0.15, -0.1) is 0 Å². The van der Waals surface area contributed by atoms with Crippen LogP contribution in [-0.2, 0) is 21.1 Å². The summed E-state index contributed by atoms with van der Waals surface area (Å²) in [5.41, 5.74) is 4.10. The number of guanidine groups is 1. The van der Waals surface area contributed by atoms with Gasteiger partial charge in [0.1, 0.15) is 0 Å². The van der Waals surface area contributed by atoms with Gasteiger partial charge in [0.05, 0.1) is 16.1 Å². The van der Waals surface area contributed by atoms with Gasteiger partial charge in [-0.1, -0.05) is 18.2 Å². The third-order valence-electron chi connectivity index (χ3n) is 5.67. The number of sulfone groups is 1. The van der Waals surface area contributed by atoms with Crippen LogP contribution in [0.15, 0.2) is 35.3 Å². The molecule has 1 aromatic heterocycles. The Balaban J connectivity index is 1.70. The summed E-state index contributed by atoms with van der Waals surface area (Å²) in [5.74, 6) is 0.563. The van der Waals surface area contributed by atoms with E-state index in [0.29, 0.717) is 45.1 Å². The fraction of sp³-hybridized carbons (Fsp3) is 0.524. The van der Waals surface area contributed by atoms with Gasteiger partial charge in [0.25, 0.3) is 0 Å². The second kappa shape index (κ2) is 9.18. The van der Waals surface area contributed by atoms with Crippen molar-refractivity contribution in [3.8, 4) is 5.69 Å². The maximum absolute atomic E-state index is 12.5. The van der Waals surface area contributed by atoms with E-state index < -0.39 is 14.6 Å². The highest BCUT2D eigenvalue weighted by molar-refractivity contribution is 7.92. The molecule has 8 nitrogen and oxygen atoms in total. The van der Waals surface area contributed by atoms with E-state index in [-0.39, 0.29) is 0 Å². The number of nitrogens with zero attached hydrogens (tertiary/aromatic N) is 3. The first-order valence-corrected chi connectivity index (χ1v) is 12.0. The third kappa shape index (κ3) is 4.84. The molecule has 1 aliphatic rings. The Morgan fingerprint density at radius 3 is 2.53 bits per heavy atom. The lowest BCUT2D eigenvalue weighted by atomic mass is 9.99. The SMILES string of the molecule is CN=C(NCc1ccccc1-n1nc(C)cc1C)NCC1(S(C)(=O)=O)CCOCC1. The lowest BCUT2D eigenvalue weighted by molar-refractivity contribution is 0.0756. The first-order chi connectivity index (χ1) is 14.3. The number of rotatable bonds is 6. The fourth-order valence-corrected chi connectivity index (χ4v) is 5.05. The van der Waals surface area contributed by atoms with Crippen molar-refractivity contribution in [1.82, 2.24) is 20.4 Å². The summed E-state index contributed by atoms with van der Waals surface area (Å²) in [6.45, 7) is 5.75. The van der Waals surface area contributed by atoms with Crippen molar-refractivity contribution >= 4 is 15.8 Å². The number of aromatic nitrogens is 2. The van der Waals surface area contributed by atoms with Gasteiger partial charge in [-0.2, -0.15) is 5.10 Å². The molecule has 0 aliphatic carbocycles. The minimum absolute atomic E-state index is 0.300.